The molecule has 0 fully saturated rings. The first-order chi connectivity index (χ1) is 12.1. The Hall–Kier alpha value is -2.36. The van der Waals surface area contributed by atoms with E-state index in [0.29, 0.717) is 41.1 Å². The minimum absolute atomic E-state index is 0.422. The highest BCUT2D eigenvalue weighted by atomic mass is 35.5. The van der Waals surface area contributed by atoms with Crippen LogP contribution in [0.5, 0.6) is 5.75 Å². The van der Waals surface area contributed by atoms with Crippen molar-refractivity contribution in [2.24, 2.45) is 0 Å². The fraction of sp³-hybridized carbons (Fsp3) is 0.389. The van der Waals surface area contributed by atoms with Crippen LogP contribution in [0.4, 0.5) is 11.5 Å². The number of halogens is 1. The summed E-state index contributed by atoms with van der Waals surface area (Å²) < 4.78 is 10.5. The number of benzene rings is 1. The maximum atomic E-state index is 9.53. The molecule has 1 N–H and O–H groups in total. The highest BCUT2D eigenvalue weighted by molar-refractivity contribution is 6.32. The van der Waals surface area contributed by atoms with Crippen LogP contribution < -0.4 is 10.1 Å². The highest BCUT2D eigenvalue weighted by Crippen LogP contribution is 2.30. The highest BCUT2D eigenvalue weighted by Gasteiger charge is 2.15. The fourth-order valence-corrected chi connectivity index (χ4v) is 2.68. The van der Waals surface area contributed by atoms with Crippen LogP contribution in [0.2, 0.25) is 5.02 Å². The topological polar surface area (TPSA) is 80.1 Å². The van der Waals surface area contributed by atoms with Gasteiger partial charge in [0.15, 0.2) is 5.82 Å². The third kappa shape index (κ3) is 4.59. The van der Waals surface area contributed by atoms with Crippen molar-refractivity contribution in [2.45, 2.75) is 26.7 Å². The van der Waals surface area contributed by atoms with E-state index in [1.165, 1.54) is 0 Å². The van der Waals surface area contributed by atoms with E-state index in [9.17, 15) is 5.26 Å². The van der Waals surface area contributed by atoms with Crippen molar-refractivity contribution in [3.63, 3.8) is 0 Å². The number of nitrogens with zero attached hydrogens (tertiary/aromatic N) is 3. The second-order valence-electron chi connectivity index (χ2n) is 5.28. The molecule has 0 saturated carbocycles. The zero-order valence-electron chi connectivity index (χ0n) is 14.6. The molecule has 0 spiro atoms. The van der Waals surface area contributed by atoms with Gasteiger partial charge >= 0.3 is 0 Å². The normalized spacial score (nSPS) is 10.4. The summed E-state index contributed by atoms with van der Waals surface area (Å²) in [5.41, 5.74) is 3.00. The van der Waals surface area contributed by atoms with Crippen LogP contribution in [0.25, 0.3) is 0 Å². The van der Waals surface area contributed by atoms with Crippen LogP contribution in [0.15, 0.2) is 18.2 Å². The molecule has 1 heterocycles. The summed E-state index contributed by atoms with van der Waals surface area (Å²) in [5.74, 6) is 1.01. The van der Waals surface area contributed by atoms with Crippen molar-refractivity contribution in [1.82, 2.24) is 10.2 Å². The summed E-state index contributed by atoms with van der Waals surface area (Å²) in [6.45, 7) is 4.91. The van der Waals surface area contributed by atoms with Crippen LogP contribution >= 0.6 is 11.6 Å². The molecule has 0 radical (unpaired) electrons. The predicted octanol–water partition coefficient (Wildman–Crippen LogP) is 3.90. The lowest BCUT2D eigenvalue weighted by Gasteiger charge is -2.13. The molecule has 0 aliphatic heterocycles. The molecular formula is C18H21ClN4O2. The Morgan fingerprint density at radius 2 is 2.00 bits per heavy atom. The van der Waals surface area contributed by atoms with Gasteiger partial charge in [0.05, 0.1) is 17.3 Å². The molecule has 6 nitrogen and oxygen atoms in total. The van der Waals surface area contributed by atoms with Crippen LogP contribution in [-0.4, -0.2) is 30.5 Å². The number of aryl methyl sites for hydroxylation is 1. The lowest BCUT2D eigenvalue weighted by atomic mass is 10.0. The molecule has 2 aromatic rings. The number of nitriles is 1. The lowest BCUT2D eigenvalue weighted by molar-refractivity contribution is 0.146. The molecule has 0 aliphatic rings. The summed E-state index contributed by atoms with van der Waals surface area (Å²) >= 11 is 6.25. The molecule has 0 bridgehead atoms. The Morgan fingerprint density at radius 1 is 1.20 bits per heavy atom. The number of ether oxygens (including phenoxy) is 2. The number of aromatic nitrogens is 2. The fourth-order valence-electron chi connectivity index (χ4n) is 2.45. The first-order valence-electron chi connectivity index (χ1n) is 8.11. The van der Waals surface area contributed by atoms with Crippen LogP contribution in [0, 0.1) is 11.3 Å². The van der Waals surface area contributed by atoms with Crippen molar-refractivity contribution in [1.29, 1.82) is 5.26 Å². The van der Waals surface area contributed by atoms with E-state index in [1.807, 2.05) is 19.9 Å². The third-order valence-electron chi connectivity index (χ3n) is 3.70. The van der Waals surface area contributed by atoms with Gasteiger partial charge in [-0.1, -0.05) is 25.4 Å². The van der Waals surface area contributed by atoms with Crippen molar-refractivity contribution in [3.8, 4) is 11.8 Å². The Kier molecular flexibility index (Phi) is 6.99. The second-order valence-corrected chi connectivity index (χ2v) is 5.69. The van der Waals surface area contributed by atoms with Crippen LogP contribution in [-0.2, 0) is 17.6 Å². The number of hydrogen-bond acceptors (Lipinski definition) is 6. The number of methoxy groups -OCH3 is 1. The maximum Gasteiger partial charge on any atom is 0.171 e. The second kappa shape index (κ2) is 9.21. The maximum absolute atomic E-state index is 9.53. The van der Waals surface area contributed by atoms with Gasteiger partial charge in [0, 0.05) is 12.8 Å². The van der Waals surface area contributed by atoms with E-state index in [1.54, 1.807) is 19.2 Å². The number of nitrogens with one attached hydrogen (secondary N) is 1. The van der Waals surface area contributed by atoms with Crippen LogP contribution in [0.1, 0.15) is 30.7 Å². The predicted molar refractivity (Wildman–Crippen MR) is 97.6 cm³/mol. The van der Waals surface area contributed by atoms with E-state index in [2.05, 4.69) is 21.6 Å². The minimum atomic E-state index is 0.422. The summed E-state index contributed by atoms with van der Waals surface area (Å²) in [5, 5.41) is 21.5. The first-order valence-corrected chi connectivity index (χ1v) is 8.49. The lowest BCUT2D eigenvalue weighted by Crippen LogP contribution is -2.07. The van der Waals surface area contributed by atoms with E-state index in [0.717, 1.165) is 24.1 Å². The van der Waals surface area contributed by atoms with Crippen LogP contribution in [0.3, 0.4) is 0 Å². The molecule has 0 aliphatic carbocycles. The van der Waals surface area contributed by atoms with Crippen molar-refractivity contribution >= 4 is 23.1 Å². The summed E-state index contributed by atoms with van der Waals surface area (Å²) in [7, 11) is 1.61. The standard InChI is InChI=1S/C18H21ClN4O2/c1-4-13-14(11-20)18(23-22-16(13)5-2)21-12-6-7-17(15(19)10-12)25-9-8-24-3/h6-7,10H,4-5,8-9H2,1-3H3,(H,21,23). The molecule has 25 heavy (non-hydrogen) atoms. The molecule has 2 rings (SSSR count). The molecule has 0 atom stereocenters. The average molecular weight is 361 g/mol. The Morgan fingerprint density at radius 3 is 2.60 bits per heavy atom. The van der Waals surface area contributed by atoms with Gasteiger partial charge < -0.3 is 14.8 Å². The molecule has 1 aromatic carbocycles. The molecule has 132 valence electrons. The summed E-state index contributed by atoms with van der Waals surface area (Å²) in [6.07, 6.45) is 1.47. The number of anilines is 2. The third-order valence-corrected chi connectivity index (χ3v) is 3.99. The first kappa shape index (κ1) is 19.0. The van der Waals surface area contributed by atoms with Gasteiger partial charge in [-0.2, -0.15) is 10.4 Å². The van der Waals surface area contributed by atoms with Gasteiger partial charge in [-0.05, 0) is 36.6 Å². The largest absolute Gasteiger partial charge is 0.490 e. The van der Waals surface area contributed by atoms with E-state index < -0.39 is 0 Å². The smallest absolute Gasteiger partial charge is 0.171 e. The van der Waals surface area contributed by atoms with Gasteiger partial charge in [-0.3, -0.25) is 0 Å². The molecule has 0 unspecified atom stereocenters. The Balaban J connectivity index is 2.25. The van der Waals surface area contributed by atoms with Gasteiger partial charge in [-0.15, -0.1) is 5.10 Å². The van der Waals surface area contributed by atoms with Gasteiger partial charge in [0.25, 0.3) is 0 Å². The molecule has 0 saturated heterocycles. The van der Waals surface area contributed by atoms with Gasteiger partial charge in [0.1, 0.15) is 24.0 Å². The zero-order valence-corrected chi connectivity index (χ0v) is 15.4. The Bertz CT molecular complexity index is 774. The quantitative estimate of drug-likeness (QED) is 0.719. The zero-order chi connectivity index (χ0) is 18.2. The van der Waals surface area contributed by atoms with E-state index >= 15 is 0 Å². The number of rotatable bonds is 8. The van der Waals surface area contributed by atoms with E-state index in [-0.39, 0.29) is 0 Å². The average Bonchev–Trinajstić information content (AvgIpc) is 2.63. The van der Waals surface area contributed by atoms with Crippen molar-refractivity contribution in [2.75, 3.05) is 25.6 Å². The Labute approximate surface area is 152 Å². The number of hydrogen-bond donors (Lipinski definition) is 1. The molecular weight excluding hydrogens is 340 g/mol. The van der Waals surface area contributed by atoms with Crippen molar-refractivity contribution in [3.05, 3.63) is 40.0 Å². The molecule has 1 aromatic heterocycles. The van der Waals surface area contributed by atoms with Gasteiger partial charge in [-0.25, -0.2) is 0 Å². The molecule has 7 heteroatoms. The summed E-state index contributed by atoms with van der Waals surface area (Å²) in [4.78, 5) is 0. The summed E-state index contributed by atoms with van der Waals surface area (Å²) in [6, 6.07) is 7.54. The monoisotopic (exact) mass is 360 g/mol. The SMILES string of the molecule is CCc1nnc(Nc2ccc(OCCOC)c(Cl)c2)c(C#N)c1CC. The molecule has 0 amide bonds. The van der Waals surface area contributed by atoms with E-state index in [4.69, 9.17) is 21.1 Å². The van der Waals surface area contributed by atoms with Crippen molar-refractivity contribution < 1.29 is 9.47 Å². The minimum Gasteiger partial charge on any atom is -0.490 e. The van der Waals surface area contributed by atoms with Gasteiger partial charge in [0.2, 0.25) is 0 Å².